The Kier molecular flexibility index (Phi) is 2.07. The summed E-state index contributed by atoms with van der Waals surface area (Å²) >= 11 is 0. The first-order valence-corrected chi connectivity index (χ1v) is 5.20. The molecule has 3 rings (SSSR count). The molecule has 0 aliphatic heterocycles. The molecule has 0 amide bonds. The Labute approximate surface area is 96.1 Å². The van der Waals surface area contributed by atoms with Crippen LogP contribution < -0.4 is 5.76 Å². The molecule has 0 radical (unpaired) electrons. The third-order valence-electron chi connectivity index (χ3n) is 2.60. The number of aromatic nitrogens is 4. The van der Waals surface area contributed by atoms with Gasteiger partial charge in [0.2, 0.25) is 0 Å². The topological polar surface area (TPSA) is 65.3 Å². The lowest BCUT2D eigenvalue weighted by Gasteiger charge is -1.96. The minimum Gasteiger partial charge on any atom is -0.307 e. The van der Waals surface area contributed by atoms with Crippen LogP contribution in [0, 0.1) is 6.92 Å². The highest BCUT2D eigenvalue weighted by Gasteiger charge is 2.08. The third-order valence-corrected chi connectivity index (χ3v) is 2.60. The zero-order valence-electron chi connectivity index (χ0n) is 9.20. The fourth-order valence-electron chi connectivity index (χ4n) is 1.74. The maximum Gasteiger partial charge on any atom is 0.441 e. The summed E-state index contributed by atoms with van der Waals surface area (Å²) in [7, 11) is 0. The average Bonchev–Trinajstić information content (AvgIpc) is 2.87. The highest BCUT2D eigenvalue weighted by Crippen LogP contribution is 2.06. The second kappa shape index (κ2) is 3.58. The van der Waals surface area contributed by atoms with Gasteiger partial charge in [-0.05, 0) is 19.1 Å². The average molecular weight is 230 g/mol. The molecule has 3 aromatic heterocycles. The van der Waals surface area contributed by atoms with Crippen molar-refractivity contribution in [3.05, 3.63) is 52.7 Å². The van der Waals surface area contributed by atoms with Crippen LogP contribution in [0.2, 0.25) is 0 Å². The summed E-state index contributed by atoms with van der Waals surface area (Å²) in [5, 5.41) is 3.61. The second-order valence-electron chi connectivity index (χ2n) is 3.78. The molecule has 86 valence electrons. The van der Waals surface area contributed by atoms with Crippen LogP contribution in [0.4, 0.5) is 0 Å². The van der Waals surface area contributed by atoms with E-state index in [2.05, 4.69) is 14.7 Å². The largest absolute Gasteiger partial charge is 0.441 e. The van der Waals surface area contributed by atoms with Gasteiger partial charge in [0, 0.05) is 12.4 Å². The Balaban J connectivity index is 2.03. The van der Waals surface area contributed by atoms with Crippen LogP contribution in [-0.4, -0.2) is 19.1 Å². The van der Waals surface area contributed by atoms with E-state index in [1.807, 2.05) is 35.0 Å². The number of rotatable bonds is 2. The van der Waals surface area contributed by atoms with Crippen LogP contribution in [0.3, 0.4) is 0 Å². The van der Waals surface area contributed by atoms with E-state index in [0.29, 0.717) is 12.4 Å². The van der Waals surface area contributed by atoms with E-state index >= 15 is 0 Å². The second-order valence-corrected chi connectivity index (χ2v) is 3.78. The lowest BCUT2D eigenvalue weighted by Crippen LogP contribution is -2.16. The van der Waals surface area contributed by atoms with Crippen molar-refractivity contribution in [1.82, 2.24) is 19.1 Å². The molecule has 3 aromatic rings. The van der Waals surface area contributed by atoms with E-state index in [4.69, 9.17) is 0 Å². The zero-order valence-corrected chi connectivity index (χ0v) is 9.20. The highest BCUT2D eigenvalue weighted by molar-refractivity contribution is 5.39. The molecule has 17 heavy (non-hydrogen) atoms. The molecule has 0 N–H and O–H groups in total. The van der Waals surface area contributed by atoms with Crippen molar-refractivity contribution in [2.45, 2.75) is 13.5 Å². The van der Waals surface area contributed by atoms with Crippen LogP contribution in [0.15, 0.2) is 39.9 Å². The normalized spacial score (nSPS) is 11.1. The number of hydrogen-bond acceptors (Lipinski definition) is 4. The van der Waals surface area contributed by atoms with Gasteiger partial charge in [-0.2, -0.15) is 0 Å². The Morgan fingerprint density at radius 1 is 1.41 bits per heavy atom. The predicted octanol–water partition coefficient (Wildman–Crippen LogP) is 0.841. The zero-order chi connectivity index (χ0) is 11.8. The monoisotopic (exact) mass is 230 g/mol. The number of nitrogens with zero attached hydrogens (tertiary/aromatic N) is 4. The molecule has 0 aliphatic rings. The van der Waals surface area contributed by atoms with Gasteiger partial charge in [0.15, 0.2) is 5.82 Å². The molecule has 0 bridgehead atoms. The van der Waals surface area contributed by atoms with Gasteiger partial charge >= 0.3 is 5.76 Å². The number of pyridine rings is 1. The molecular weight excluding hydrogens is 220 g/mol. The maximum absolute atomic E-state index is 11.4. The predicted molar refractivity (Wildman–Crippen MR) is 59.8 cm³/mol. The smallest absolute Gasteiger partial charge is 0.307 e. The van der Waals surface area contributed by atoms with Gasteiger partial charge in [-0.25, -0.2) is 9.78 Å². The first-order chi connectivity index (χ1) is 8.24. The van der Waals surface area contributed by atoms with Gasteiger partial charge < -0.3 is 4.40 Å². The number of imidazole rings is 1. The molecule has 3 heterocycles. The van der Waals surface area contributed by atoms with E-state index in [1.165, 1.54) is 4.57 Å². The van der Waals surface area contributed by atoms with Crippen molar-refractivity contribution in [3.63, 3.8) is 0 Å². The van der Waals surface area contributed by atoms with Gasteiger partial charge in [-0.1, -0.05) is 11.2 Å². The molecule has 6 heteroatoms. The molecule has 0 aliphatic carbocycles. The Morgan fingerprint density at radius 2 is 2.29 bits per heavy atom. The van der Waals surface area contributed by atoms with Crippen molar-refractivity contribution in [2.24, 2.45) is 0 Å². The van der Waals surface area contributed by atoms with Gasteiger partial charge in [0.25, 0.3) is 0 Å². The van der Waals surface area contributed by atoms with Crippen LogP contribution in [0.25, 0.3) is 5.65 Å². The fraction of sp³-hybridized carbons (Fsp3) is 0.182. The molecule has 0 unspecified atom stereocenters. The number of aryl methyl sites for hydroxylation is 1. The molecule has 0 atom stereocenters. The summed E-state index contributed by atoms with van der Waals surface area (Å²) in [6.07, 6.45) is 3.79. The van der Waals surface area contributed by atoms with Gasteiger partial charge in [0.1, 0.15) is 5.65 Å². The van der Waals surface area contributed by atoms with Crippen molar-refractivity contribution in [2.75, 3.05) is 0 Å². The molecule has 0 saturated carbocycles. The van der Waals surface area contributed by atoms with Gasteiger partial charge in [-0.3, -0.25) is 9.09 Å². The highest BCUT2D eigenvalue weighted by atomic mass is 16.5. The van der Waals surface area contributed by atoms with Crippen LogP contribution in [-0.2, 0) is 6.54 Å². The van der Waals surface area contributed by atoms with Crippen molar-refractivity contribution in [1.29, 1.82) is 0 Å². The molecule has 0 saturated heterocycles. The molecule has 0 aromatic carbocycles. The minimum absolute atomic E-state index is 0.371. The van der Waals surface area contributed by atoms with Crippen LogP contribution >= 0.6 is 0 Å². The number of fused-ring (bicyclic) bond motifs is 1. The first-order valence-electron chi connectivity index (χ1n) is 5.20. The van der Waals surface area contributed by atoms with Gasteiger partial charge in [-0.15, -0.1) is 0 Å². The quantitative estimate of drug-likeness (QED) is 0.654. The van der Waals surface area contributed by atoms with Crippen LogP contribution in [0.5, 0.6) is 0 Å². The summed E-state index contributed by atoms with van der Waals surface area (Å²) < 4.78 is 7.92. The standard InChI is InChI=1S/C11H10N4O2/c1-8-13-17-11(16)15(8)7-9-6-14-5-3-2-4-10(14)12-9/h2-6H,7H2,1H3. The van der Waals surface area contributed by atoms with Crippen molar-refractivity contribution >= 4 is 5.65 Å². The SMILES string of the molecule is Cc1noc(=O)n1Cc1cn2ccccc2n1. The molecular formula is C11H10N4O2. The van der Waals surface area contributed by atoms with Crippen LogP contribution in [0.1, 0.15) is 11.5 Å². The Morgan fingerprint density at radius 3 is 3.00 bits per heavy atom. The lowest BCUT2D eigenvalue weighted by molar-refractivity contribution is 0.375. The first kappa shape index (κ1) is 9.83. The summed E-state index contributed by atoms with van der Waals surface area (Å²) in [4.78, 5) is 15.8. The molecule has 6 nitrogen and oxygen atoms in total. The van der Waals surface area contributed by atoms with Crippen molar-refractivity contribution < 1.29 is 4.52 Å². The third kappa shape index (κ3) is 1.63. The summed E-state index contributed by atoms with van der Waals surface area (Å²) in [5.74, 6) is 0.0895. The molecule has 0 spiro atoms. The summed E-state index contributed by atoms with van der Waals surface area (Å²) in [5.41, 5.74) is 1.65. The maximum atomic E-state index is 11.4. The van der Waals surface area contributed by atoms with E-state index < -0.39 is 5.76 Å². The summed E-state index contributed by atoms with van der Waals surface area (Å²) in [6, 6.07) is 5.75. The van der Waals surface area contributed by atoms with E-state index in [1.54, 1.807) is 6.92 Å². The minimum atomic E-state index is -0.459. The van der Waals surface area contributed by atoms with Gasteiger partial charge in [0.05, 0.1) is 12.2 Å². The van der Waals surface area contributed by atoms with Crippen molar-refractivity contribution in [3.8, 4) is 0 Å². The van der Waals surface area contributed by atoms with E-state index in [-0.39, 0.29) is 0 Å². The lowest BCUT2D eigenvalue weighted by atomic mass is 10.4. The summed E-state index contributed by atoms with van der Waals surface area (Å²) in [6.45, 7) is 2.09. The fourth-order valence-corrected chi connectivity index (χ4v) is 1.74. The molecule has 0 fully saturated rings. The Hall–Kier alpha value is -2.37. The van der Waals surface area contributed by atoms with E-state index in [0.717, 1.165) is 11.3 Å². The van der Waals surface area contributed by atoms with E-state index in [9.17, 15) is 4.79 Å². The number of hydrogen-bond donors (Lipinski definition) is 0. The Bertz CT molecular complexity index is 689.